The lowest BCUT2D eigenvalue weighted by molar-refractivity contribution is 1.07. The summed E-state index contributed by atoms with van der Waals surface area (Å²) in [5.41, 5.74) is 13.1. The fourth-order valence-corrected chi connectivity index (χ4v) is 6.89. The third-order valence-corrected chi connectivity index (χ3v) is 9.75. The molecule has 0 amide bonds. The standard InChI is InChI=1S/C51H36N4/c1-5-14-37(15-6-1)40-28-32-46(33-29-40)55(48-23-13-22-45(36-48)38-16-7-2-8-17-38)47-34-30-41(31-35-47)39-24-26-44(27-25-39)51-53-49(42-18-9-3-10-19-42)52-50(54-51)43-20-11-4-12-21-43/h1-36H. The van der Waals surface area contributed by atoms with E-state index in [9.17, 15) is 0 Å². The summed E-state index contributed by atoms with van der Waals surface area (Å²) in [5.74, 6) is 1.94. The molecular formula is C51H36N4. The van der Waals surface area contributed by atoms with E-state index in [4.69, 9.17) is 15.0 Å². The molecule has 0 saturated carbocycles. The molecule has 0 radical (unpaired) electrons. The van der Waals surface area contributed by atoms with Gasteiger partial charge in [0.2, 0.25) is 0 Å². The maximum Gasteiger partial charge on any atom is 0.164 e. The molecule has 9 aromatic rings. The van der Waals surface area contributed by atoms with Crippen LogP contribution in [0.15, 0.2) is 218 Å². The molecule has 260 valence electrons. The third kappa shape index (κ3) is 7.30. The van der Waals surface area contributed by atoms with Crippen LogP contribution in [-0.4, -0.2) is 15.0 Å². The smallest absolute Gasteiger partial charge is 0.164 e. The van der Waals surface area contributed by atoms with Gasteiger partial charge in [-0.25, -0.2) is 15.0 Å². The fraction of sp³-hybridized carbons (Fsp3) is 0. The van der Waals surface area contributed by atoms with Crippen LogP contribution in [0.4, 0.5) is 17.1 Å². The molecule has 0 spiro atoms. The van der Waals surface area contributed by atoms with Crippen molar-refractivity contribution in [3.05, 3.63) is 218 Å². The molecule has 0 aliphatic carbocycles. The van der Waals surface area contributed by atoms with Gasteiger partial charge in [0.05, 0.1) is 0 Å². The Morgan fingerprint density at radius 1 is 0.218 bits per heavy atom. The first-order chi connectivity index (χ1) is 27.2. The number of rotatable bonds is 9. The summed E-state index contributed by atoms with van der Waals surface area (Å²) in [5, 5.41) is 0. The summed E-state index contributed by atoms with van der Waals surface area (Å²) >= 11 is 0. The van der Waals surface area contributed by atoms with Gasteiger partial charge in [0.1, 0.15) is 0 Å². The van der Waals surface area contributed by atoms with Gasteiger partial charge in [-0.15, -0.1) is 0 Å². The van der Waals surface area contributed by atoms with Crippen LogP contribution in [0.25, 0.3) is 67.5 Å². The number of aromatic nitrogens is 3. The largest absolute Gasteiger partial charge is 0.310 e. The highest BCUT2D eigenvalue weighted by molar-refractivity contribution is 5.82. The van der Waals surface area contributed by atoms with Gasteiger partial charge in [0.25, 0.3) is 0 Å². The van der Waals surface area contributed by atoms with Crippen LogP contribution in [0, 0.1) is 0 Å². The highest BCUT2D eigenvalue weighted by Crippen LogP contribution is 2.38. The van der Waals surface area contributed by atoms with Crippen molar-refractivity contribution in [3.8, 4) is 67.5 Å². The summed E-state index contributed by atoms with van der Waals surface area (Å²) in [6.45, 7) is 0. The van der Waals surface area contributed by atoms with Gasteiger partial charge >= 0.3 is 0 Å². The predicted octanol–water partition coefficient (Wildman–Crippen LogP) is 13.3. The molecule has 55 heavy (non-hydrogen) atoms. The van der Waals surface area contributed by atoms with Crippen LogP contribution in [0.5, 0.6) is 0 Å². The minimum absolute atomic E-state index is 0.640. The second-order valence-corrected chi connectivity index (χ2v) is 13.3. The Bertz CT molecular complexity index is 2590. The van der Waals surface area contributed by atoms with Gasteiger partial charge in [-0.05, 0) is 69.8 Å². The molecular weight excluding hydrogens is 669 g/mol. The average Bonchev–Trinajstić information content (AvgIpc) is 3.28. The lowest BCUT2D eigenvalue weighted by Gasteiger charge is -2.26. The van der Waals surface area contributed by atoms with Crippen molar-refractivity contribution in [1.82, 2.24) is 15.0 Å². The minimum atomic E-state index is 0.640. The van der Waals surface area contributed by atoms with E-state index in [1.165, 1.54) is 22.3 Å². The molecule has 0 unspecified atom stereocenters. The number of benzene rings is 8. The van der Waals surface area contributed by atoms with E-state index in [-0.39, 0.29) is 0 Å². The lowest BCUT2D eigenvalue weighted by atomic mass is 10.0. The zero-order valence-corrected chi connectivity index (χ0v) is 30.1. The summed E-state index contributed by atoms with van der Waals surface area (Å²) in [7, 11) is 0. The van der Waals surface area contributed by atoms with Crippen LogP contribution >= 0.6 is 0 Å². The number of nitrogens with zero attached hydrogens (tertiary/aromatic N) is 4. The predicted molar refractivity (Wildman–Crippen MR) is 227 cm³/mol. The second kappa shape index (κ2) is 15.3. The van der Waals surface area contributed by atoms with Crippen molar-refractivity contribution in [1.29, 1.82) is 0 Å². The van der Waals surface area contributed by atoms with E-state index in [2.05, 4.69) is 163 Å². The second-order valence-electron chi connectivity index (χ2n) is 13.3. The molecule has 0 aliphatic heterocycles. The molecule has 8 aromatic carbocycles. The number of hydrogen-bond acceptors (Lipinski definition) is 4. The maximum atomic E-state index is 4.91. The first kappa shape index (κ1) is 33.4. The van der Waals surface area contributed by atoms with Gasteiger partial charge in [-0.3, -0.25) is 0 Å². The van der Waals surface area contributed by atoms with Crippen molar-refractivity contribution in [3.63, 3.8) is 0 Å². The number of anilines is 3. The Labute approximate surface area is 321 Å². The Morgan fingerprint density at radius 2 is 0.509 bits per heavy atom. The average molecular weight is 705 g/mol. The summed E-state index contributed by atoms with van der Waals surface area (Å²) in [6, 6.07) is 76.0. The molecule has 4 heteroatoms. The molecule has 0 aliphatic rings. The molecule has 9 rings (SSSR count). The highest BCUT2D eigenvalue weighted by Gasteiger charge is 2.16. The first-order valence-corrected chi connectivity index (χ1v) is 18.4. The van der Waals surface area contributed by atoms with Crippen LogP contribution in [0.1, 0.15) is 0 Å². The molecule has 0 N–H and O–H groups in total. The van der Waals surface area contributed by atoms with Gasteiger partial charge in [-0.1, -0.05) is 182 Å². The Kier molecular flexibility index (Phi) is 9.28. The molecule has 4 nitrogen and oxygen atoms in total. The van der Waals surface area contributed by atoms with Gasteiger partial charge in [-0.2, -0.15) is 0 Å². The van der Waals surface area contributed by atoms with E-state index in [0.29, 0.717) is 17.5 Å². The first-order valence-electron chi connectivity index (χ1n) is 18.4. The van der Waals surface area contributed by atoms with Crippen molar-refractivity contribution in [2.24, 2.45) is 0 Å². The van der Waals surface area contributed by atoms with E-state index >= 15 is 0 Å². The zero-order chi connectivity index (χ0) is 36.8. The van der Waals surface area contributed by atoms with E-state index in [0.717, 1.165) is 44.9 Å². The monoisotopic (exact) mass is 704 g/mol. The van der Waals surface area contributed by atoms with Crippen LogP contribution in [-0.2, 0) is 0 Å². The lowest BCUT2D eigenvalue weighted by Crippen LogP contribution is -2.10. The summed E-state index contributed by atoms with van der Waals surface area (Å²) in [6.07, 6.45) is 0. The molecule has 0 saturated heterocycles. The van der Waals surface area contributed by atoms with Gasteiger partial charge in [0.15, 0.2) is 17.5 Å². The van der Waals surface area contributed by atoms with Crippen LogP contribution < -0.4 is 4.90 Å². The zero-order valence-electron chi connectivity index (χ0n) is 30.1. The van der Waals surface area contributed by atoms with Crippen LogP contribution in [0.3, 0.4) is 0 Å². The van der Waals surface area contributed by atoms with Gasteiger partial charge < -0.3 is 4.90 Å². The molecule has 0 bridgehead atoms. The van der Waals surface area contributed by atoms with Crippen molar-refractivity contribution < 1.29 is 0 Å². The van der Waals surface area contributed by atoms with E-state index < -0.39 is 0 Å². The SMILES string of the molecule is c1ccc(-c2ccc(N(c3ccc(-c4ccc(-c5nc(-c6ccccc6)nc(-c6ccccc6)n5)cc4)cc3)c3cccc(-c4ccccc4)c3)cc2)cc1. The maximum absolute atomic E-state index is 4.91. The van der Waals surface area contributed by atoms with Gasteiger partial charge in [0, 0.05) is 33.8 Å². The molecule has 0 atom stereocenters. The number of hydrogen-bond donors (Lipinski definition) is 0. The Morgan fingerprint density at radius 3 is 0.927 bits per heavy atom. The van der Waals surface area contributed by atoms with Crippen molar-refractivity contribution >= 4 is 17.1 Å². The topological polar surface area (TPSA) is 41.9 Å². The normalized spacial score (nSPS) is 10.9. The Balaban J connectivity index is 1.04. The van der Waals surface area contributed by atoms with E-state index in [1.807, 2.05) is 60.7 Å². The van der Waals surface area contributed by atoms with E-state index in [1.54, 1.807) is 0 Å². The van der Waals surface area contributed by atoms with Crippen molar-refractivity contribution in [2.45, 2.75) is 0 Å². The summed E-state index contributed by atoms with van der Waals surface area (Å²) < 4.78 is 0. The molecule has 1 aromatic heterocycles. The highest BCUT2D eigenvalue weighted by atomic mass is 15.1. The van der Waals surface area contributed by atoms with Crippen molar-refractivity contribution in [2.75, 3.05) is 4.90 Å². The Hall–Kier alpha value is -7.43. The third-order valence-electron chi connectivity index (χ3n) is 9.75. The quantitative estimate of drug-likeness (QED) is 0.150. The summed E-state index contributed by atoms with van der Waals surface area (Å²) in [4.78, 5) is 17.0. The molecule has 0 fully saturated rings. The minimum Gasteiger partial charge on any atom is -0.310 e. The van der Waals surface area contributed by atoms with Crippen LogP contribution in [0.2, 0.25) is 0 Å². The molecule has 1 heterocycles. The fourth-order valence-electron chi connectivity index (χ4n) is 6.89.